The molecule has 1 unspecified atom stereocenters. The topological polar surface area (TPSA) is 29.5 Å². The minimum atomic E-state index is -0.749. The van der Waals surface area contributed by atoms with Crippen molar-refractivity contribution in [2.24, 2.45) is 0 Å². The average molecular weight is 247 g/mol. The number of hydrogen-bond donors (Lipinski definition) is 1. The first kappa shape index (κ1) is 8.97. The summed E-state index contributed by atoms with van der Waals surface area (Å²) in [7, 11) is 0. The van der Waals surface area contributed by atoms with Gasteiger partial charge in [-0.1, -0.05) is 0 Å². The first-order valence-electron chi connectivity index (χ1n) is 3.99. The van der Waals surface area contributed by atoms with E-state index in [2.05, 4.69) is 15.9 Å². The fourth-order valence-electron chi connectivity index (χ4n) is 1.41. The molecule has 0 saturated carbocycles. The molecule has 1 heterocycles. The van der Waals surface area contributed by atoms with Crippen LogP contribution >= 0.6 is 15.9 Å². The number of ether oxygens (including phenoxy) is 1. The molecule has 1 atom stereocenters. The Hall–Kier alpha value is -0.610. The zero-order chi connectivity index (χ0) is 9.42. The highest BCUT2D eigenvalue weighted by Crippen LogP contribution is 2.36. The summed E-state index contributed by atoms with van der Waals surface area (Å²) in [5.41, 5.74) is 0.264. The van der Waals surface area contributed by atoms with E-state index < -0.39 is 11.9 Å². The van der Waals surface area contributed by atoms with E-state index in [0.717, 1.165) is 0 Å². The van der Waals surface area contributed by atoms with Gasteiger partial charge in [0.1, 0.15) is 11.6 Å². The van der Waals surface area contributed by atoms with Gasteiger partial charge in [0, 0.05) is 6.42 Å². The third-order valence-electron chi connectivity index (χ3n) is 2.07. The molecule has 1 aliphatic heterocycles. The minimum absolute atomic E-state index is 0.264. The van der Waals surface area contributed by atoms with E-state index in [-0.39, 0.29) is 5.56 Å². The molecule has 0 fully saturated rings. The van der Waals surface area contributed by atoms with Crippen molar-refractivity contribution in [3.8, 4) is 5.75 Å². The van der Waals surface area contributed by atoms with Crippen LogP contribution in [0.3, 0.4) is 0 Å². The van der Waals surface area contributed by atoms with Gasteiger partial charge in [0.05, 0.1) is 22.7 Å². The SMILES string of the molecule is OC1CCOc2ccc(Br)c(F)c21. The number of halogens is 2. The molecule has 0 saturated heterocycles. The van der Waals surface area contributed by atoms with Crippen LogP contribution in [0.25, 0.3) is 0 Å². The lowest BCUT2D eigenvalue weighted by molar-refractivity contribution is 0.110. The second kappa shape index (κ2) is 3.27. The summed E-state index contributed by atoms with van der Waals surface area (Å²) in [6, 6.07) is 3.23. The molecule has 0 aliphatic carbocycles. The fourth-order valence-corrected chi connectivity index (χ4v) is 1.76. The number of rotatable bonds is 0. The molecule has 2 nitrogen and oxygen atoms in total. The quantitative estimate of drug-likeness (QED) is 0.762. The van der Waals surface area contributed by atoms with Gasteiger partial charge in [0.25, 0.3) is 0 Å². The van der Waals surface area contributed by atoms with Gasteiger partial charge in [0.15, 0.2) is 0 Å². The Morgan fingerprint density at radius 1 is 1.54 bits per heavy atom. The molecule has 1 aromatic rings. The van der Waals surface area contributed by atoms with Crippen LogP contribution in [-0.2, 0) is 0 Å². The maximum Gasteiger partial charge on any atom is 0.146 e. The molecule has 1 N–H and O–H groups in total. The molecule has 1 aliphatic rings. The lowest BCUT2D eigenvalue weighted by Gasteiger charge is -2.22. The summed E-state index contributed by atoms with van der Waals surface area (Å²) < 4.78 is 19.0. The van der Waals surface area contributed by atoms with Gasteiger partial charge in [-0.2, -0.15) is 0 Å². The number of benzene rings is 1. The van der Waals surface area contributed by atoms with E-state index in [1.54, 1.807) is 12.1 Å². The van der Waals surface area contributed by atoms with Crippen LogP contribution in [0.4, 0.5) is 4.39 Å². The van der Waals surface area contributed by atoms with Gasteiger partial charge in [-0.3, -0.25) is 0 Å². The molecule has 2 rings (SSSR count). The molecule has 0 amide bonds. The van der Waals surface area contributed by atoms with Crippen LogP contribution in [0.15, 0.2) is 16.6 Å². The maximum absolute atomic E-state index is 13.4. The van der Waals surface area contributed by atoms with Crippen molar-refractivity contribution >= 4 is 15.9 Å². The Morgan fingerprint density at radius 3 is 3.08 bits per heavy atom. The Bertz CT molecular complexity index is 341. The van der Waals surface area contributed by atoms with Gasteiger partial charge >= 0.3 is 0 Å². The Balaban J connectivity index is 2.58. The van der Waals surface area contributed by atoms with Gasteiger partial charge < -0.3 is 9.84 Å². The predicted molar refractivity (Wildman–Crippen MR) is 49.2 cm³/mol. The van der Waals surface area contributed by atoms with E-state index in [1.807, 2.05) is 0 Å². The average Bonchev–Trinajstić information content (AvgIpc) is 2.12. The predicted octanol–water partition coefficient (Wildman–Crippen LogP) is 2.40. The molecule has 0 radical (unpaired) electrons. The van der Waals surface area contributed by atoms with Crippen LogP contribution in [-0.4, -0.2) is 11.7 Å². The van der Waals surface area contributed by atoms with Crippen molar-refractivity contribution in [3.05, 3.63) is 28.0 Å². The summed E-state index contributed by atoms with van der Waals surface area (Å²) >= 11 is 3.06. The van der Waals surface area contributed by atoms with Crippen LogP contribution in [0.5, 0.6) is 5.75 Å². The van der Waals surface area contributed by atoms with E-state index in [4.69, 9.17) is 4.74 Å². The second-order valence-corrected chi connectivity index (χ2v) is 3.78. The number of hydrogen-bond acceptors (Lipinski definition) is 2. The number of fused-ring (bicyclic) bond motifs is 1. The third-order valence-corrected chi connectivity index (χ3v) is 2.69. The van der Waals surface area contributed by atoms with E-state index >= 15 is 0 Å². The summed E-state index contributed by atoms with van der Waals surface area (Å²) in [6.45, 7) is 0.440. The summed E-state index contributed by atoms with van der Waals surface area (Å²) in [4.78, 5) is 0. The third kappa shape index (κ3) is 1.44. The van der Waals surface area contributed by atoms with E-state index in [9.17, 15) is 9.50 Å². The first-order valence-corrected chi connectivity index (χ1v) is 4.78. The number of aliphatic hydroxyl groups excluding tert-OH is 1. The van der Waals surface area contributed by atoms with Crippen LogP contribution in [0.1, 0.15) is 18.1 Å². The largest absolute Gasteiger partial charge is 0.493 e. The minimum Gasteiger partial charge on any atom is -0.493 e. The van der Waals surface area contributed by atoms with Crippen molar-refractivity contribution in [1.29, 1.82) is 0 Å². The zero-order valence-electron chi connectivity index (χ0n) is 6.76. The molecule has 0 bridgehead atoms. The molecule has 70 valence electrons. The van der Waals surface area contributed by atoms with Crippen LogP contribution < -0.4 is 4.74 Å². The molecule has 13 heavy (non-hydrogen) atoms. The summed E-state index contributed by atoms with van der Waals surface area (Å²) in [5, 5.41) is 9.53. The normalized spacial score (nSPS) is 20.7. The Labute approximate surface area is 83.5 Å². The molecule has 0 aromatic heterocycles. The smallest absolute Gasteiger partial charge is 0.146 e. The molecule has 4 heteroatoms. The lowest BCUT2D eigenvalue weighted by Crippen LogP contribution is -2.15. The highest BCUT2D eigenvalue weighted by molar-refractivity contribution is 9.10. The number of aliphatic hydroxyl groups is 1. The summed E-state index contributed by atoms with van der Waals surface area (Å²) in [6.07, 6.45) is -0.304. The maximum atomic E-state index is 13.4. The van der Waals surface area contributed by atoms with E-state index in [0.29, 0.717) is 23.2 Å². The summed E-state index contributed by atoms with van der Waals surface area (Å²) in [5.74, 6) is 0.0177. The van der Waals surface area contributed by atoms with Crippen LogP contribution in [0.2, 0.25) is 0 Å². The van der Waals surface area contributed by atoms with Crippen molar-refractivity contribution in [1.82, 2.24) is 0 Å². The Kier molecular flexibility index (Phi) is 2.26. The van der Waals surface area contributed by atoms with E-state index in [1.165, 1.54) is 0 Å². The fraction of sp³-hybridized carbons (Fsp3) is 0.333. The first-order chi connectivity index (χ1) is 6.20. The van der Waals surface area contributed by atoms with Crippen molar-refractivity contribution < 1.29 is 14.2 Å². The lowest BCUT2D eigenvalue weighted by atomic mass is 10.0. The van der Waals surface area contributed by atoms with Gasteiger partial charge in [-0.25, -0.2) is 4.39 Å². The monoisotopic (exact) mass is 246 g/mol. The van der Waals surface area contributed by atoms with Crippen molar-refractivity contribution in [2.75, 3.05) is 6.61 Å². The van der Waals surface area contributed by atoms with Gasteiger partial charge in [-0.15, -0.1) is 0 Å². The van der Waals surface area contributed by atoms with Crippen LogP contribution in [0, 0.1) is 5.82 Å². The Morgan fingerprint density at radius 2 is 2.31 bits per heavy atom. The molecular weight excluding hydrogens is 239 g/mol. The second-order valence-electron chi connectivity index (χ2n) is 2.93. The van der Waals surface area contributed by atoms with Crippen molar-refractivity contribution in [2.45, 2.75) is 12.5 Å². The standard InChI is InChI=1S/C9H8BrFO2/c10-5-1-2-7-8(9(5)11)6(12)3-4-13-7/h1-2,6,12H,3-4H2. The molecular formula is C9H8BrFO2. The highest BCUT2D eigenvalue weighted by Gasteiger charge is 2.24. The van der Waals surface area contributed by atoms with Gasteiger partial charge in [-0.05, 0) is 28.1 Å². The zero-order valence-corrected chi connectivity index (χ0v) is 8.34. The highest BCUT2D eigenvalue weighted by atomic mass is 79.9. The van der Waals surface area contributed by atoms with Crippen molar-refractivity contribution in [3.63, 3.8) is 0 Å². The molecule has 0 spiro atoms. The molecule has 1 aromatic carbocycles. The van der Waals surface area contributed by atoms with Gasteiger partial charge in [0.2, 0.25) is 0 Å².